The first kappa shape index (κ1) is 32.1. The highest BCUT2D eigenvalue weighted by atomic mass is 16.8. The Kier molecular flexibility index (Phi) is 9.80. The van der Waals surface area contributed by atoms with Crippen LogP contribution in [0.15, 0.2) is 82.5 Å². The highest BCUT2D eigenvalue weighted by molar-refractivity contribution is 5.82. The summed E-state index contributed by atoms with van der Waals surface area (Å²) in [7, 11) is 1.10. The van der Waals surface area contributed by atoms with Crippen LogP contribution in [0.5, 0.6) is 0 Å². The highest BCUT2D eigenvalue weighted by Gasteiger charge is 2.59. The number of benzene rings is 2. The molecule has 0 radical (unpaired) electrons. The van der Waals surface area contributed by atoms with E-state index in [-0.39, 0.29) is 19.9 Å². The third-order valence-corrected chi connectivity index (χ3v) is 7.39. The topological polar surface area (TPSA) is 166 Å². The van der Waals surface area contributed by atoms with E-state index >= 15 is 0 Å². The molecule has 240 valence electrons. The van der Waals surface area contributed by atoms with Crippen molar-refractivity contribution in [2.45, 2.75) is 76.3 Å². The predicted octanol–water partition coefficient (Wildman–Crippen LogP) is 1.43. The molecule has 2 aromatic carbocycles. The largest absolute Gasteiger partial charge is 0.467 e. The second-order valence-corrected chi connectivity index (χ2v) is 11.0. The summed E-state index contributed by atoms with van der Waals surface area (Å²) < 4.78 is 35.9. The van der Waals surface area contributed by atoms with Crippen LogP contribution >= 0.6 is 0 Å². The van der Waals surface area contributed by atoms with Crippen LogP contribution in [0.1, 0.15) is 31.2 Å². The molecule has 1 aromatic heterocycles. The zero-order chi connectivity index (χ0) is 32.1. The van der Waals surface area contributed by atoms with Crippen molar-refractivity contribution in [3.05, 3.63) is 105 Å². The first-order chi connectivity index (χ1) is 21.6. The molecule has 3 heterocycles. The fraction of sp³-hybridized carbons (Fsp3) is 0.419. The molecule has 2 fully saturated rings. The van der Waals surface area contributed by atoms with Crippen LogP contribution in [0.2, 0.25) is 0 Å². The van der Waals surface area contributed by atoms with Crippen LogP contribution in [0.25, 0.3) is 0 Å². The minimum atomic E-state index is -1.73. The number of carbonyl (C=O) groups is 2. The molecule has 2 aliphatic rings. The molecule has 2 aliphatic heterocycles. The lowest BCUT2D eigenvalue weighted by atomic mass is 9.99. The van der Waals surface area contributed by atoms with Crippen molar-refractivity contribution in [1.29, 1.82) is 0 Å². The predicted molar refractivity (Wildman–Crippen MR) is 156 cm³/mol. The lowest BCUT2D eigenvalue weighted by Crippen LogP contribution is -2.56. The van der Waals surface area contributed by atoms with E-state index < -0.39 is 65.8 Å². The molecule has 14 nitrogen and oxygen atoms in total. The van der Waals surface area contributed by atoms with E-state index in [1.54, 1.807) is 38.1 Å². The number of aromatic nitrogens is 2. The van der Waals surface area contributed by atoms with Crippen molar-refractivity contribution in [1.82, 2.24) is 14.5 Å². The molecule has 45 heavy (non-hydrogen) atoms. The number of ether oxygens (including phenoxy) is 6. The van der Waals surface area contributed by atoms with Gasteiger partial charge in [0.2, 0.25) is 0 Å². The summed E-state index contributed by atoms with van der Waals surface area (Å²) in [6, 6.07) is 17.7. The Bertz CT molecular complexity index is 1590. The molecule has 14 heteroatoms. The number of rotatable bonds is 11. The number of alkyl carbamates (subject to hydrolysis) is 1. The summed E-state index contributed by atoms with van der Waals surface area (Å²) in [4.78, 5) is 51.5. The maximum absolute atomic E-state index is 13.5. The quantitative estimate of drug-likeness (QED) is 0.296. The molecule has 5 rings (SSSR count). The fourth-order valence-electron chi connectivity index (χ4n) is 5.27. The summed E-state index contributed by atoms with van der Waals surface area (Å²) in [6.45, 7) is 3.04. The number of fused-ring (bicyclic) bond motifs is 1. The van der Waals surface area contributed by atoms with Gasteiger partial charge in [0.25, 0.3) is 5.56 Å². The molecule has 0 spiro atoms. The van der Waals surface area contributed by atoms with Gasteiger partial charge >= 0.3 is 17.8 Å². The molecule has 0 aliphatic carbocycles. The first-order valence-corrected chi connectivity index (χ1v) is 14.3. The summed E-state index contributed by atoms with van der Waals surface area (Å²) in [5.41, 5.74) is 0.221. The number of methoxy groups -OCH3 is 1. The Morgan fingerprint density at radius 2 is 1.58 bits per heavy atom. The number of amides is 1. The lowest BCUT2D eigenvalue weighted by molar-refractivity contribution is -0.210. The van der Waals surface area contributed by atoms with Crippen LogP contribution in [0.3, 0.4) is 0 Å². The number of carbonyl (C=O) groups excluding carboxylic acids is 2. The number of nitrogens with zero attached hydrogens (tertiary/aromatic N) is 2. The first-order valence-electron chi connectivity index (χ1n) is 14.3. The molecule has 0 unspecified atom stereocenters. The fourth-order valence-corrected chi connectivity index (χ4v) is 5.27. The van der Waals surface area contributed by atoms with Crippen LogP contribution in [0, 0.1) is 0 Å². The Hall–Kier alpha value is -4.34. The minimum Gasteiger partial charge on any atom is -0.467 e. The van der Waals surface area contributed by atoms with Gasteiger partial charge in [0.1, 0.15) is 37.8 Å². The molecule has 6 atom stereocenters. The summed E-state index contributed by atoms with van der Waals surface area (Å²) >= 11 is 0. The van der Waals surface area contributed by atoms with Crippen molar-refractivity contribution >= 4 is 12.1 Å². The van der Waals surface area contributed by atoms with Crippen LogP contribution in [-0.4, -0.2) is 69.7 Å². The van der Waals surface area contributed by atoms with Gasteiger partial charge in [-0.15, -0.1) is 0 Å². The smallest absolute Gasteiger partial charge is 0.408 e. The average Bonchev–Trinajstić information content (AvgIpc) is 3.53. The third kappa shape index (κ3) is 7.32. The van der Waals surface area contributed by atoms with Crippen LogP contribution < -0.4 is 16.6 Å². The van der Waals surface area contributed by atoms with Gasteiger partial charge < -0.3 is 38.8 Å². The minimum absolute atomic E-state index is 0.0812. The van der Waals surface area contributed by atoms with Gasteiger partial charge in [0, 0.05) is 12.3 Å². The van der Waals surface area contributed by atoms with E-state index in [0.717, 1.165) is 21.8 Å². The van der Waals surface area contributed by atoms with E-state index in [0.29, 0.717) is 5.56 Å². The van der Waals surface area contributed by atoms with E-state index in [1.165, 1.54) is 12.3 Å². The molecular weight excluding hydrogens is 590 g/mol. The van der Waals surface area contributed by atoms with Crippen molar-refractivity contribution in [2.24, 2.45) is 0 Å². The van der Waals surface area contributed by atoms with Crippen molar-refractivity contribution in [3.63, 3.8) is 0 Å². The summed E-state index contributed by atoms with van der Waals surface area (Å²) in [6.07, 6.45) is -5.88. The van der Waals surface area contributed by atoms with Gasteiger partial charge in [-0.1, -0.05) is 60.7 Å². The number of esters is 1. The van der Waals surface area contributed by atoms with Gasteiger partial charge in [-0.3, -0.25) is 9.36 Å². The Balaban J connectivity index is 1.35. The van der Waals surface area contributed by atoms with E-state index in [2.05, 4.69) is 5.32 Å². The van der Waals surface area contributed by atoms with Gasteiger partial charge in [0.05, 0.1) is 13.7 Å². The summed E-state index contributed by atoms with van der Waals surface area (Å²) in [5, 5.41) is 13.8. The number of nitrogens with one attached hydrogen (secondary N) is 1. The molecule has 0 saturated carbocycles. The molecule has 3 aromatic rings. The van der Waals surface area contributed by atoms with Crippen LogP contribution in [-0.2, 0) is 53.2 Å². The van der Waals surface area contributed by atoms with Crippen molar-refractivity contribution in [2.75, 3.05) is 7.11 Å². The zero-order valence-electron chi connectivity index (χ0n) is 24.9. The van der Waals surface area contributed by atoms with E-state index in [1.807, 2.05) is 36.4 Å². The Morgan fingerprint density at radius 1 is 0.956 bits per heavy atom. The molecular formula is C31H35N3O11. The average molecular weight is 626 g/mol. The van der Waals surface area contributed by atoms with Gasteiger partial charge in [-0.25, -0.2) is 19.0 Å². The van der Waals surface area contributed by atoms with E-state index in [9.17, 15) is 24.3 Å². The summed E-state index contributed by atoms with van der Waals surface area (Å²) in [5.74, 6) is -2.13. The van der Waals surface area contributed by atoms with Gasteiger partial charge in [0.15, 0.2) is 18.1 Å². The second kappa shape index (κ2) is 13.7. The Morgan fingerprint density at radius 3 is 2.22 bits per heavy atom. The van der Waals surface area contributed by atoms with E-state index in [4.69, 9.17) is 28.4 Å². The second-order valence-electron chi connectivity index (χ2n) is 11.0. The number of aliphatic hydroxyl groups excluding tert-OH is 1. The molecule has 1 amide bonds. The SMILES string of the molecule is COC(=O)[C@H](NC(=O)OCc1ccccc1)[C@@H](O)[C@H]1O[C@@H](n2ccc(=O)n(COCc3ccccc3)c2=O)[C@@H]2OC(C)(C)O[C@H]12. The third-order valence-electron chi connectivity index (χ3n) is 7.39. The van der Waals surface area contributed by atoms with Crippen molar-refractivity contribution < 1.29 is 43.1 Å². The monoisotopic (exact) mass is 625 g/mol. The maximum atomic E-state index is 13.5. The van der Waals surface area contributed by atoms with Gasteiger partial charge in [-0.05, 0) is 25.0 Å². The van der Waals surface area contributed by atoms with Gasteiger partial charge in [-0.2, -0.15) is 0 Å². The highest BCUT2D eigenvalue weighted by Crippen LogP contribution is 2.44. The Labute approximate surface area is 258 Å². The van der Waals surface area contributed by atoms with Crippen LogP contribution in [0.4, 0.5) is 4.79 Å². The standard InChI is InChI=1S/C31H35N3O11/c1-31(2)44-25-24(23(36)22(28(37)40-3)32-29(38)42-17-20-12-8-5-9-13-20)43-27(26(25)45-31)33-15-14-21(35)34(30(33)39)18-41-16-19-10-6-4-7-11-19/h4-15,22-27,36H,16-18H2,1-3H3,(H,32,38)/t22-,23-,24-,25-,26-,27-/m1/s1. The maximum Gasteiger partial charge on any atom is 0.408 e. The molecule has 2 saturated heterocycles. The normalized spacial score (nSPS) is 23.1. The lowest BCUT2D eigenvalue weighted by Gasteiger charge is -2.30. The molecule has 0 bridgehead atoms. The number of hydrogen-bond acceptors (Lipinski definition) is 11. The number of hydrogen-bond donors (Lipinski definition) is 2. The van der Waals surface area contributed by atoms with Crippen molar-refractivity contribution in [3.8, 4) is 0 Å². The zero-order valence-corrected chi connectivity index (χ0v) is 24.9. The molecule has 2 N–H and O–H groups in total. The number of aliphatic hydroxyl groups is 1.